The fourth-order valence-electron chi connectivity index (χ4n) is 3.57. The summed E-state index contributed by atoms with van der Waals surface area (Å²) in [4.78, 5) is 32.5. The molecule has 0 radical (unpaired) electrons. The summed E-state index contributed by atoms with van der Waals surface area (Å²) in [6, 6.07) is 5.47. The Morgan fingerprint density at radius 2 is 1.83 bits per heavy atom. The summed E-state index contributed by atoms with van der Waals surface area (Å²) in [6.07, 6.45) is 3.61. The maximum Gasteiger partial charge on any atom is 0.309 e. The van der Waals surface area contributed by atoms with Crippen LogP contribution in [0, 0.1) is 24.7 Å². The number of hydrogen-bond donors (Lipinski definition) is 2. The lowest BCUT2D eigenvalue weighted by Gasteiger charge is -2.22. The number of nitrogens with zero attached hydrogens (tertiary/aromatic N) is 1. The summed E-state index contributed by atoms with van der Waals surface area (Å²) < 4.78 is 5.65. The molecule has 6 nitrogen and oxygen atoms in total. The minimum absolute atomic E-state index is 0.00589. The Bertz CT molecular complexity index is 843. The average Bonchev–Trinajstić information content (AvgIpc) is 3.24. The van der Waals surface area contributed by atoms with Crippen LogP contribution >= 0.6 is 0 Å². The minimum Gasteiger partial charge on any atom is -0.461 e. The monoisotopic (exact) mass is 413 g/mol. The van der Waals surface area contributed by atoms with E-state index in [1.54, 1.807) is 6.33 Å². The molecule has 0 bridgehead atoms. The first-order valence-electron chi connectivity index (χ1n) is 10.6. The van der Waals surface area contributed by atoms with Crippen molar-refractivity contribution < 1.29 is 14.3 Å². The van der Waals surface area contributed by atoms with Crippen LogP contribution in [-0.2, 0) is 20.9 Å². The first kappa shape index (κ1) is 23.8. The highest BCUT2D eigenvalue weighted by atomic mass is 16.5. The van der Waals surface area contributed by atoms with E-state index in [0.717, 1.165) is 22.4 Å². The van der Waals surface area contributed by atoms with Crippen molar-refractivity contribution in [2.75, 3.05) is 0 Å². The third-order valence-electron chi connectivity index (χ3n) is 5.93. The van der Waals surface area contributed by atoms with Crippen LogP contribution in [0.4, 0.5) is 0 Å². The number of nitrogens with one attached hydrogen (secondary N) is 1. The second-order valence-electron chi connectivity index (χ2n) is 8.76. The summed E-state index contributed by atoms with van der Waals surface area (Å²) in [5, 5.41) is 0. The number of carbonyl (C=O) groups is 2. The Kier molecular flexibility index (Phi) is 8.35. The molecule has 0 aliphatic rings. The molecule has 0 aliphatic heterocycles. The Hall–Kier alpha value is -2.47. The number of benzene rings is 1. The largest absolute Gasteiger partial charge is 0.461 e. The van der Waals surface area contributed by atoms with Crippen LogP contribution in [0.15, 0.2) is 30.7 Å². The number of aromatic nitrogens is 2. The molecule has 0 saturated heterocycles. The number of ether oxygens (including phenoxy) is 1. The van der Waals surface area contributed by atoms with Crippen molar-refractivity contribution in [2.24, 2.45) is 23.5 Å². The molecule has 2 rings (SSSR count). The second kappa shape index (κ2) is 10.5. The normalized spacial score (nSPS) is 14.6. The van der Waals surface area contributed by atoms with Gasteiger partial charge in [0.15, 0.2) is 5.78 Å². The number of rotatable bonds is 10. The van der Waals surface area contributed by atoms with Crippen molar-refractivity contribution in [3.63, 3.8) is 0 Å². The SMILES string of the molecule is Cc1c(COC(=O)C(CC(=O)C(N)C(C)C)C(C)C)cccc1[C@H](C)c1cnc[nH]1. The number of esters is 1. The van der Waals surface area contributed by atoms with Gasteiger partial charge in [0, 0.05) is 24.2 Å². The van der Waals surface area contributed by atoms with Crippen molar-refractivity contribution in [2.45, 2.75) is 66.5 Å². The fourth-order valence-corrected chi connectivity index (χ4v) is 3.57. The number of nitrogens with two attached hydrogens (primary N) is 1. The smallest absolute Gasteiger partial charge is 0.309 e. The molecule has 164 valence electrons. The highest BCUT2D eigenvalue weighted by Crippen LogP contribution is 2.28. The van der Waals surface area contributed by atoms with Gasteiger partial charge in [0.2, 0.25) is 0 Å². The molecule has 2 aromatic rings. The Morgan fingerprint density at radius 1 is 1.13 bits per heavy atom. The van der Waals surface area contributed by atoms with Crippen LogP contribution in [0.3, 0.4) is 0 Å². The van der Waals surface area contributed by atoms with Crippen LogP contribution in [0.25, 0.3) is 0 Å². The van der Waals surface area contributed by atoms with Gasteiger partial charge in [-0.25, -0.2) is 4.98 Å². The van der Waals surface area contributed by atoms with Crippen LogP contribution < -0.4 is 5.73 Å². The summed E-state index contributed by atoms with van der Waals surface area (Å²) >= 11 is 0. The highest BCUT2D eigenvalue weighted by molar-refractivity contribution is 5.88. The molecule has 0 fully saturated rings. The lowest BCUT2D eigenvalue weighted by Crippen LogP contribution is -2.38. The van der Waals surface area contributed by atoms with Gasteiger partial charge >= 0.3 is 5.97 Å². The number of ketones is 1. The maximum atomic E-state index is 12.8. The van der Waals surface area contributed by atoms with Crippen LogP contribution in [-0.4, -0.2) is 27.8 Å². The second-order valence-corrected chi connectivity index (χ2v) is 8.76. The fraction of sp³-hybridized carbons (Fsp3) is 0.542. The van der Waals surface area contributed by atoms with Gasteiger partial charge < -0.3 is 15.5 Å². The summed E-state index contributed by atoms with van der Waals surface area (Å²) in [5.74, 6) is -0.735. The number of imidazole rings is 1. The Labute approximate surface area is 179 Å². The van der Waals surface area contributed by atoms with Crippen molar-refractivity contribution in [3.05, 3.63) is 53.1 Å². The molecule has 0 saturated carbocycles. The van der Waals surface area contributed by atoms with Gasteiger partial charge in [0.1, 0.15) is 6.61 Å². The van der Waals surface area contributed by atoms with E-state index >= 15 is 0 Å². The lowest BCUT2D eigenvalue weighted by atomic mass is 9.87. The standard InChI is InChI=1S/C24H35N3O3/c1-14(2)20(10-22(28)23(25)15(3)4)24(29)30-12-18-8-7-9-19(16(18)5)17(6)21-11-26-13-27-21/h7-9,11,13-15,17,20,23H,10,12,25H2,1-6H3,(H,26,27)/t17-,20?,23?/m0/s1. The van der Waals surface area contributed by atoms with Crippen LogP contribution in [0.5, 0.6) is 0 Å². The van der Waals surface area contributed by atoms with Gasteiger partial charge in [0.05, 0.1) is 18.3 Å². The van der Waals surface area contributed by atoms with E-state index in [-0.39, 0.29) is 42.5 Å². The molecule has 1 aromatic carbocycles. The van der Waals surface area contributed by atoms with E-state index in [2.05, 4.69) is 23.0 Å². The summed E-state index contributed by atoms with van der Waals surface area (Å²) in [6.45, 7) is 12.0. The number of hydrogen-bond acceptors (Lipinski definition) is 5. The molecule has 3 N–H and O–H groups in total. The molecular weight excluding hydrogens is 378 g/mol. The lowest BCUT2D eigenvalue weighted by molar-refractivity contribution is -0.153. The molecule has 3 atom stereocenters. The van der Waals surface area contributed by atoms with Gasteiger partial charge in [-0.3, -0.25) is 9.59 Å². The first-order chi connectivity index (χ1) is 14.1. The van der Waals surface area contributed by atoms with Gasteiger partial charge in [-0.15, -0.1) is 0 Å². The number of H-pyrrole nitrogens is 1. The van der Waals surface area contributed by atoms with Crippen molar-refractivity contribution in [3.8, 4) is 0 Å². The molecule has 6 heteroatoms. The van der Waals surface area contributed by atoms with E-state index in [9.17, 15) is 9.59 Å². The molecule has 0 aliphatic carbocycles. The maximum absolute atomic E-state index is 12.8. The van der Waals surface area contributed by atoms with Gasteiger partial charge in [-0.1, -0.05) is 52.8 Å². The number of carbonyl (C=O) groups excluding carboxylic acids is 2. The Morgan fingerprint density at radius 3 is 2.40 bits per heavy atom. The summed E-state index contributed by atoms with van der Waals surface area (Å²) in [7, 11) is 0. The number of aromatic amines is 1. The van der Waals surface area contributed by atoms with Gasteiger partial charge in [0.25, 0.3) is 0 Å². The molecule has 1 aromatic heterocycles. The third-order valence-corrected chi connectivity index (χ3v) is 5.93. The van der Waals surface area contributed by atoms with Crippen molar-refractivity contribution >= 4 is 11.8 Å². The zero-order valence-electron chi connectivity index (χ0n) is 18.9. The third kappa shape index (κ3) is 5.79. The average molecular weight is 414 g/mol. The van der Waals surface area contributed by atoms with E-state index in [1.165, 1.54) is 0 Å². The topological polar surface area (TPSA) is 98.1 Å². The zero-order chi connectivity index (χ0) is 22.4. The van der Waals surface area contributed by atoms with Crippen molar-refractivity contribution in [1.29, 1.82) is 0 Å². The predicted octanol–water partition coefficient (Wildman–Crippen LogP) is 4.13. The highest BCUT2D eigenvalue weighted by Gasteiger charge is 2.29. The van der Waals surface area contributed by atoms with E-state index in [4.69, 9.17) is 10.5 Å². The van der Waals surface area contributed by atoms with E-state index in [0.29, 0.717) is 0 Å². The van der Waals surface area contributed by atoms with Crippen LogP contribution in [0.1, 0.15) is 69.3 Å². The van der Waals surface area contributed by atoms with Crippen LogP contribution in [0.2, 0.25) is 0 Å². The number of Topliss-reactive ketones (excluding diaryl/α,β-unsaturated/α-hetero) is 1. The Balaban J connectivity index is 2.08. The quantitative estimate of drug-likeness (QED) is 0.571. The predicted molar refractivity (Wildman–Crippen MR) is 118 cm³/mol. The zero-order valence-corrected chi connectivity index (χ0v) is 18.9. The molecule has 0 amide bonds. The van der Waals surface area contributed by atoms with Crippen molar-refractivity contribution in [1.82, 2.24) is 9.97 Å². The molecule has 30 heavy (non-hydrogen) atoms. The van der Waals surface area contributed by atoms with E-state index in [1.807, 2.05) is 52.9 Å². The first-order valence-corrected chi connectivity index (χ1v) is 10.6. The molecule has 0 spiro atoms. The minimum atomic E-state index is -0.554. The van der Waals surface area contributed by atoms with Gasteiger partial charge in [-0.05, 0) is 35.4 Å². The molecule has 1 heterocycles. The summed E-state index contributed by atoms with van der Waals surface area (Å²) in [5.41, 5.74) is 10.2. The molecular formula is C24H35N3O3. The van der Waals surface area contributed by atoms with Gasteiger partial charge in [-0.2, -0.15) is 0 Å². The molecule has 2 unspecified atom stereocenters. The van der Waals surface area contributed by atoms with E-state index < -0.39 is 12.0 Å².